The Balaban J connectivity index is 2.53. The van der Waals surface area contributed by atoms with Crippen LogP contribution in [0.3, 0.4) is 0 Å². The van der Waals surface area contributed by atoms with Crippen LogP contribution in [-0.2, 0) is 5.41 Å². The maximum atomic E-state index is 5.73. The average molecular weight is 252 g/mol. The van der Waals surface area contributed by atoms with Crippen LogP contribution in [0.5, 0.6) is 0 Å². The zero-order valence-electron chi connectivity index (χ0n) is 12.8. The highest BCUT2D eigenvalue weighted by Gasteiger charge is 2.33. The molecule has 1 aliphatic rings. The predicted octanol–water partition coefficient (Wildman–Crippen LogP) is 5.10. The molecule has 1 heteroatoms. The lowest BCUT2D eigenvalue weighted by Crippen LogP contribution is -2.28. The smallest absolute Gasteiger partial charge is 0.0716 e. The summed E-state index contributed by atoms with van der Waals surface area (Å²) < 4.78 is 0. The highest BCUT2D eigenvalue weighted by molar-refractivity contribution is 6.14. The van der Waals surface area contributed by atoms with Crippen LogP contribution in [0.25, 0.3) is 5.57 Å². The molecule has 100 valence electrons. The van der Waals surface area contributed by atoms with Crippen molar-refractivity contribution in [1.29, 1.82) is 0 Å². The molecular formula is C18H25B. The van der Waals surface area contributed by atoms with Crippen LogP contribution >= 0.6 is 0 Å². The van der Waals surface area contributed by atoms with Gasteiger partial charge in [0.2, 0.25) is 0 Å². The van der Waals surface area contributed by atoms with E-state index in [-0.39, 0.29) is 0 Å². The summed E-state index contributed by atoms with van der Waals surface area (Å²) in [5.74, 6) is 1.37. The minimum atomic E-state index is 0.295. The molecule has 0 aromatic heterocycles. The molecule has 2 rings (SSSR count). The van der Waals surface area contributed by atoms with Crippen molar-refractivity contribution in [2.45, 2.75) is 58.2 Å². The Labute approximate surface area is 119 Å². The van der Waals surface area contributed by atoms with Gasteiger partial charge in [-0.15, -0.1) is 0 Å². The Morgan fingerprint density at radius 3 is 2.68 bits per heavy atom. The van der Waals surface area contributed by atoms with Crippen LogP contribution in [-0.4, -0.2) is 7.85 Å². The molecule has 0 bridgehead atoms. The standard InChI is InChI=1S/C18H25B/c1-12(2)15-8-9-18(4,5)17-7-6-14(10-16(15)17)13(3)11-19/h6-7,10,12,15H,3,8-9,11H2,1-2,4-5H3. The first-order valence-corrected chi connectivity index (χ1v) is 7.39. The first kappa shape index (κ1) is 14.4. The summed E-state index contributed by atoms with van der Waals surface area (Å²) in [5, 5.41) is 0. The van der Waals surface area contributed by atoms with Gasteiger partial charge in [-0.05, 0) is 46.8 Å². The Hall–Kier alpha value is -0.975. The van der Waals surface area contributed by atoms with Gasteiger partial charge in [-0.2, -0.15) is 0 Å². The predicted molar refractivity (Wildman–Crippen MR) is 85.9 cm³/mol. The Kier molecular flexibility index (Phi) is 3.94. The first-order valence-electron chi connectivity index (χ1n) is 7.39. The van der Waals surface area contributed by atoms with E-state index in [9.17, 15) is 0 Å². The Morgan fingerprint density at radius 2 is 2.11 bits per heavy atom. The van der Waals surface area contributed by atoms with Gasteiger partial charge >= 0.3 is 0 Å². The highest BCUT2D eigenvalue weighted by Crippen LogP contribution is 2.46. The SMILES string of the molecule is [B]CC(=C)c1ccc2c(c1)C(C(C)C)CCC2(C)C. The lowest BCUT2D eigenvalue weighted by atomic mass is 9.66. The van der Waals surface area contributed by atoms with Gasteiger partial charge in [0.1, 0.15) is 0 Å². The summed E-state index contributed by atoms with van der Waals surface area (Å²) in [5.41, 5.74) is 5.59. The van der Waals surface area contributed by atoms with Gasteiger partial charge < -0.3 is 0 Å². The van der Waals surface area contributed by atoms with E-state index in [0.717, 1.165) is 5.57 Å². The molecule has 2 radical (unpaired) electrons. The van der Waals surface area contributed by atoms with Gasteiger partial charge in [0, 0.05) is 0 Å². The van der Waals surface area contributed by atoms with Crippen molar-refractivity contribution < 1.29 is 0 Å². The van der Waals surface area contributed by atoms with Crippen molar-refractivity contribution in [1.82, 2.24) is 0 Å². The van der Waals surface area contributed by atoms with E-state index < -0.39 is 0 Å². The third-order valence-electron chi connectivity index (χ3n) is 4.72. The van der Waals surface area contributed by atoms with E-state index in [4.69, 9.17) is 7.85 Å². The number of hydrogen-bond donors (Lipinski definition) is 0. The zero-order valence-corrected chi connectivity index (χ0v) is 12.8. The molecule has 1 aromatic rings. The first-order chi connectivity index (χ1) is 8.86. The maximum absolute atomic E-state index is 5.73. The second-order valence-corrected chi connectivity index (χ2v) is 6.88. The second-order valence-electron chi connectivity index (χ2n) is 6.88. The maximum Gasteiger partial charge on any atom is 0.0716 e. The molecule has 1 unspecified atom stereocenters. The molecule has 0 heterocycles. The molecule has 0 nitrogen and oxygen atoms in total. The third-order valence-corrected chi connectivity index (χ3v) is 4.72. The summed E-state index contributed by atoms with van der Waals surface area (Å²) in [4.78, 5) is 0. The summed E-state index contributed by atoms with van der Waals surface area (Å²) in [7, 11) is 5.73. The van der Waals surface area contributed by atoms with Crippen molar-refractivity contribution in [2.75, 3.05) is 0 Å². The van der Waals surface area contributed by atoms with E-state index >= 15 is 0 Å². The van der Waals surface area contributed by atoms with Gasteiger partial charge in [-0.3, -0.25) is 0 Å². The lowest BCUT2D eigenvalue weighted by Gasteiger charge is -2.39. The second kappa shape index (κ2) is 5.19. The molecule has 0 amide bonds. The quantitative estimate of drug-likeness (QED) is 0.656. The molecule has 0 fully saturated rings. The van der Waals surface area contributed by atoms with Crippen molar-refractivity contribution in [3.63, 3.8) is 0 Å². The van der Waals surface area contributed by atoms with Gasteiger partial charge in [-0.25, -0.2) is 0 Å². The van der Waals surface area contributed by atoms with Crippen molar-refractivity contribution in [2.24, 2.45) is 5.92 Å². The van der Waals surface area contributed by atoms with Gasteiger partial charge in [0.25, 0.3) is 0 Å². The zero-order chi connectivity index (χ0) is 14.2. The number of benzene rings is 1. The molecule has 0 N–H and O–H groups in total. The summed E-state index contributed by atoms with van der Waals surface area (Å²) in [6.07, 6.45) is 3.10. The van der Waals surface area contributed by atoms with E-state index in [1.165, 1.54) is 29.5 Å². The number of rotatable bonds is 3. The van der Waals surface area contributed by atoms with Crippen molar-refractivity contribution in [3.8, 4) is 0 Å². The summed E-state index contributed by atoms with van der Waals surface area (Å²) >= 11 is 0. The van der Waals surface area contributed by atoms with Crippen LogP contribution in [0.1, 0.15) is 63.1 Å². The number of fused-ring (bicyclic) bond motifs is 1. The summed E-state index contributed by atoms with van der Waals surface area (Å²) in [6, 6.07) is 6.84. The Bertz CT molecular complexity index is 482. The molecular weight excluding hydrogens is 227 g/mol. The fraction of sp³-hybridized carbons (Fsp3) is 0.556. The van der Waals surface area contributed by atoms with Crippen molar-refractivity contribution >= 4 is 13.4 Å². The molecule has 1 atom stereocenters. The average Bonchev–Trinajstić information content (AvgIpc) is 2.36. The normalized spacial score (nSPS) is 21.2. The third kappa shape index (κ3) is 2.66. The van der Waals surface area contributed by atoms with Crippen LogP contribution in [0.2, 0.25) is 6.32 Å². The molecule has 0 saturated carbocycles. The molecule has 19 heavy (non-hydrogen) atoms. The largest absolute Gasteiger partial charge is 0.0960 e. The Morgan fingerprint density at radius 1 is 1.42 bits per heavy atom. The van der Waals surface area contributed by atoms with Crippen molar-refractivity contribution in [3.05, 3.63) is 41.5 Å². The fourth-order valence-corrected chi connectivity index (χ4v) is 3.32. The highest BCUT2D eigenvalue weighted by atomic mass is 14.4. The van der Waals surface area contributed by atoms with Gasteiger partial charge in [0.15, 0.2) is 0 Å². The van der Waals surface area contributed by atoms with Crippen LogP contribution in [0.15, 0.2) is 24.8 Å². The van der Waals surface area contributed by atoms with Crippen LogP contribution in [0.4, 0.5) is 0 Å². The lowest BCUT2D eigenvalue weighted by molar-refractivity contribution is 0.346. The topological polar surface area (TPSA) is 0 Å². The molecule has 0 aliphatic heterocycles. The van der Waals surface area contributed by atoms with Crippen LogP contribution < -0.4 is 0 Å². The minimum Gasteiger partial charge on any atom is -0.0960 e. The van der Waals surface area contributed by atoms with Crippen LogP contribution in [0, 0.1) is 5.92 Å². The molecule has 1 aromatic carbocycles. The van der Waals surface area contributed by atoms with E-state index in [2.05, 4.69) is 52.5 Å². The van der Waals surface area contributed by atoms with E-state index in [1.807, 2.05) is 0 Å². The van der Waals surface area contributed by atoms with E-state index in [1.54, 1.807) is 0 Å². The monoisotopic (exact) mass is 252 g/mol. The molecule has 0 saturated heterocycles. The summed E-state index contributed by atoms with van der Waals surface area (Å²) in [6.45, 7) is 13.5. The van der Waals surface area contributed by atoms with Gasteiger partial charge in [0.05, 0.1) is 7.85 Å². The molecule has 0 spiro atoms. The van der Waals surface area contributed by atoms with Gasteiger partial charge in [-0.1, -0.05) is 64.4 Å². The van der Waals surface area contributed by atoms with E-state index in [0.29, 0.717) is 23.6 Å². The minimum absolute atomic E-state index is 0.295. The fourth-order valence-electron chi connectivity index (χ4n) is 3.32. The molecule has 1 aliphatic carbocycles. The number of hydrogen-bond acceptors (Lipinski definition) is 0. The number of allylic oxidation sites excluding steroid dienone is 1.